The van der Waals surface area contributed by atoms with Crippen molar-refractivity contribution in [2.24, 2.45) is 5.92 Å². The summed E-state index contributed by atoms with van der Waals surface area (Å²) in [6.07, 6.45) is 2.44. The van der Waals surface area contributed by atoms with E-state index < -0.39 is 0 Å². The van der Waals surface area contributed by atoms with Gasteiger partial charge in [0.05, 0.1) is 11.3 Å². The molecule has 1 aliphatic rings. The summed E-state index contributed by atoms with van der Waals surface area (Å²) >= 11 is 3.52. The van der Waals surface area contributed by atoms with Crippen LogP contribution in [-0.4, -0.2) is 25.7 Å². The molecular weight excluding hydrogens is 314 g/mol. The van der Waals surface area contributed by atoms with E-state index >= 15 is 0 Å². The summed E-state index contributed by atoms with van der Waals surface area (Å²) in [4.78, 5) is 2.37. The molecule has 0 radical (unpaired) electrons. The summed E-state index contributed by atoms with van der Waals surface area (Å²) < 4.78 is 1.03. The summed E-state index contributed by atoms with van der Waals surface area (Å²) in [5.74, 6) is 0.712. The number of nitrogens with zero attached hydrogens (tertiary/aromatic N) is 2. The van der Waals surface area contributed by atoms with Gasteiger partial charge in [0, 0.05) is 17.1 Å². The minimum Gasteiger partial charge on any atom is -0.368 e. The lowest BCUT2D eigenvalue weighted by atomic mass is 9.96. The van der Waals surface area contributed by atoms with Crippen LogP contribution in [0.3, 0.4) is 0 Å². The number of rotatable bonds is 4. The van der Waals surface area contributed by atoms with Crippen LogP contribution in [0, 0.1) is 17.2 Å². The van der Waals surface area contributed by atoms with Gasteiger partial charge in [0.15, 0.2) is 0 Å². The van der Waals surface area contributed by atoms with Crippen LogP contribution in [0.1, 0.15) is 32.3 Å². The van der Waals surface area contributed by atoms with Gasteiger partial charge in [-0.2, -0.15) is 5.26 Å². The minimum absolute atomic E-state index is 0.395. The van der Waals surface area contributed by atoms with E-state index in [9.17, 15) is 5.26 Å². The predicted molar refractivity (Wildman–Crippen MR) is 86.9 cm³/mol. The fourth-order valence-corrected chi connectivity index (χ4v) is 3.12. The second-order valence-electron chi connectivity index (χ2n) is 5.71. The van der Waals surface area contributed by atoms with Gasteiger partial charge in [-0.25, -0.2) is 0 Å². The Hall–Kier alpha value is -1.05. The van der Waals surface area contributed by atoms with Crippen molar-refractivity contribution >= 4 is 21.6 Å². The van der Waals surface area contributed by atoms with Gasteiger partial charge in [-0.15, -0.1) is 0 Å². The molecule has 0 saturated carbocycles. The number of nitriles is 1. The second kappa shape index (κ2) is 7.10. The summed E-state index contributed by atoms with van der Waals surface area (Å²) in [5.41, 5.74) is 1.81. The van der Waals surface area contributed by atoms with Crippen molar-refractivity contribution in [2.75, 3.05) is 24.5 Å². The number of hydrogen-bond donors (Lipinski definition) is 1. The van der Waals surface area contributed by atoms with Crippen molar-refractivity contribution < 1.29 is 0 Å². The summed E-state index contributed by atoms with van der Waals surface area (Å²) in [6.45, 7) is 7.65. The molecule has 108 valence electrons. The Morgan fingerprint density at radius 1 is 1.40 bits per heavy atom. The quantitative estimate of drug-likeness (QED) is 0.914. The maximum absolute atomic E-state index is 9.34. The molecule has 0 aromatic heterocycles. The highest BCUT2D eigenvalue weighted by atomic mass is 79.9. The lowest BCUT2D eigenvalue weighted by molar-refractivity contribution is 0.367. The zero-order chi connectivity index (χ0) is 14.5. The number of anilines is 1. The van der Waals surface area contributed by atoms with E-state index in [0.29, 0.717) is 12.0 Å². The van der Waals surface area contributed by atoms with Gasteiger partial charge in [0.25, 0.3) is 0 Å². The number of piperidine rings is 1. The molecule has 1 aromatic carbocycles. The average Bonchev–Trinajstić information content (AvgIpc) is 2.45. The maximum Gasteiger partial charge on any atom is 0.101 e. The Labute approximate surface area is 130 Å². The van der Waals surface area contributed by atoms with Crippen molar-refractivity contribution in [3.8, 4) is 6.07 Å². The maximum atomic E-state index is 9.34. The standard InChI is InChI=1S/C16H22BrN3/c1-12(2)20(11-13-5-7-19-8-6-13)16-9-15(17)4-3-14(16)10-18/h3-4,9,12-13,19H,5-8,11H2,1-2H3. The van der Waals surface area contributed by atoms with Crippen molar-refractivity contribution in [1.29, 1.82) is 5.26 Å². The molecule has 4 heteroatoms. The van der Waals surface area contributed by atoms with E-state index in [1.165, 1.54) is 12.8 Å². The van der Waals surface area contributed by atoms with E-state index in [1.807, 2.05) is 12.1 Å². The van der Waals surface area contributed by atoms with Gasteiger partial charge in [0.1, 0.15) is 6.07 Å². The topological polar surface area (TPSA) is 39.1 Å². The van der Waals surface area contributed by atoms with Crippen LogP contribution < -0.4 is 10.2 Å². The highest BCUT2D eigenvalue weighted by Gasteiger charge is 2.21. The molecule has 1 fully saturated rings. The highest BCUT2D eigenvalue weighted by molar-refractivity contribution is 9.10. The zero-order valence-electron chi connectivity index (χ0n) is 12.2. The highest BCUT2D eigenvalue weighted by Crippen LogP contribution is 2.28. The van der Waals surface area contributed by atoms with Gasteiger partial charge in [-0.3, -0.25) is 0 Å². The van der Waals surface area contributed by atoms with E-state index in [-0.39, 0.29) is 0 Å². The molecule has 0 atom stereocenters. The van der Waals surface area contributed by atoms with Crippen molar-refractivity contribution in [2.45, 2.75) is 32.7 Å². The van der Waals surface area contributed by atoms with Crippen LogP contribution in [0.25, 0.3) is 0 Å². The van der Waals surface area contributed by atoms with Crippen molar-refractivity contribution in [3.05, 3.63) is 28.2 Å². The third kappa shape index (κ3) is 3.74. The summed E-state index contributed by atoms with van der Waals surface area (Å²) in [7, 11) is 0. The smallest absolute Gasteiger partial charge is 0.101 e. The van der Waals surface area contributed by atoms with E-state index in [0.717, 1.165) is 35.4 Å². The molecule has 0 unspecified atom stereocenters. The van der Waals surface area contributed by atoms with Crippen LogP contribution in [0.4, 0.5) is 5.69 Å². The molecule has 1 aliphatic heterocycles. The van der Waals surface area contributed by atoms with Gasteiger partial charge >= 0.3 is 0 Å². The average molecular weight is 336 g/mol. The molecule has 1 heterocycles. The molecule has 2 rings (SSSR count). The predicted octanol–water partition coefficient (Wildman–Crippen LogP) is 3.54. The first-order valence-corrected chi connectivity index (χ1v) is 8.08. The third-order valence-electron chi connectivity index (χ3n) is 3.93. The third-order valence-corrected chi connectivity index (χ3v) is 4.42. The van der Waals surface area contributed by atoms with E-state index in [4.69, 9.17) is 0 Å². The van der Waals surface area contributed by atoms with Crippen LogP contribution in [0.15, 0.2) is 22.7 Å². The van der Waals surface area contributed by atoms with Gasteiger partial charge < -0.3 is 10.2 Å². The molecule has 0 amide bonds. The minimum atomic E-state index is 0.395. The number of benzene rings is 1. The Balaban J connectivity index is 2.24. The molecule has 0 bridgehead atoms. The first-order chi connectivity index (χ1) is 9.61. The SMILES string of the molecule is CC(C)N(CC1CCNCC1)c1cc(Br)ccc1C#N. The monoisotopic (exact) mass is 335 g/mol. The first kappa shape index (κ1) is 15.3. The van der Waals surface area contributed by atoms with Gasteiger partial charge in [-0.1, -0.05) is 15.9 Å². The second-order valence-corrected chi connectivity index (χ2v) is 6.63. The summed E-state index contributed by atoms with van der Waals surface area (Å²) in [6, 6.07) is 8.62. The number of hydrogen-bond acceptors (Lipinski definition) is 3. The molecule has 1 saturated heterocycles. The normalized spacial score (nSPS) is 16.1. The molecule has 0 spiro atoms. The molecule has 1 aromatic rings. The van der Waals surface area contributed by atoms with Gasteiger partial charge in [-0.05, 0) is 63.9 Å². The molecule has 20 heavy (non-hydrogen) atoms. The summed E-state index contributed by atoms with van der Waals surface area (Å²) in [5, 5.41) is 12.8. The molecule has 1 N–H and O–H groups in total. The molecule has 0 aliphatic carbocycles. The fraction of sp³-hybridized carbons (Fsp3) is 0.562. The molecule has 3 nitrogen and oxygen atoms in total. The van der Waals surface area contributed by atoms with Gasteiger partial charge in [0.2, 0.25) is 0 Å². The Kier molecular flexibility index (Phi) is 5.45. The van der Waals surface area contributed by atoms with Crippen molar-refractivity contribution in [1.82, 2.24) is 5.32 Å². The lowest BCUT2D eigenvalue weighted by Crippen LogP contribution is -2.39. The van der Waals surface area contributed by atoms with E-state index in [2.05, 4.69) is 52.1 Å². The van der Waals surface area contributed by atoms with Crippen molar-refractivity contribution in [3.63, 3.8) is 0 Å². The van der Waals surface area contributed by atoms with Crippen LogP contribution in [-0.2, 0) is 0 Å². The van der Waals surface area contributed by atoms with Crippen LogP contribution in [0.5, 0.6) is 0 Å². The fourth-order valence-electron chi connectivity index (χ4n) is 2.77. The molecular formula is C16H22BrN3. The first-order valence-electron chi connectivity index (χ1n) is 7.29. The number of nitrogens with one attached hydrogen (secondary N) is 1. The number of halogens is 1. The Morgan fingerprint density at radius 3 is 2.70 bits per heavy atom. The Morgan fingerprint density at radius 2 is 2.10 bits per heavy atom. The zero-order valence-corrected chi connectivity index (χ0v) is 13.8. The van der Waals surface area contributed by atoms with E-state index in [1.54, 1.807) is 0 Å². The Bertz CT molecular complexity index is 487. The van der Waals surface area contributed by atoms with Crippen LogP contribution >= 0.6 is 15.9 Å². The largest absolute Gasteiger partial charge is 0.368 e. The lowest BCUT2D eigenvalue weighted by Gasteiger charge is -2.35. The van der Waals surface area contributed by atoms with Crippen LogP contribution in [0.2, 0.25) is 0 Å².